The summed E-state index contributed by atoms with van der Waals surface area (Å²) in [7, 11) is 0. The van der Waals surface area contributed by atoms with Gasteiger partial charge in [-0.1, -0.05) is 37.7 Å². The Kier molecular flexibility index (Phi) is 10.5. The van der Waals surface area contributed by atoms with Crippen molar-refractivity contribution in [1.29, 1.82) is 0 Å². The lowest BCUT2D eigenvalue weighted by molar-refractivity contribution is -0.157. The van der Waals surface area contributed by atoms with Gasteiger partial charge in [-0.15, -0.1) is 0 Å². The Labute approximate surface area is 233 Å². The molecule has 0 aliphatic heterocycles. The van der Waals surface area contributed by atoms with Gasteiger partial charge in [-0.2, -0.15) is 0 Å². The van der Waals surface area contributed by atoms with Crippen LogP contribution < -0.4 is 4.74 Å². The summed E-state index contributed by atoms with van der Waals surface area (Å²) < 4.78 is 38.5. The molecule has 8 heteroatoms. The molecule has 210 valence electrons. The van der Waals surface area contributed by atoms with Crippen LogP contribution in [0.15, 0.2) is 70.5 Å². The first-order chi connectivity index (χ1) is 18.3. The minimum atomic E-state index is -1.09. The second-order valence-electron chi connectivity index (χ2n) is 10.8. The SMILES string of the molecule is CC(C)c1cc(Sc2ccc(F)cc2)cc(-c2ccc(F)cc2)c1OC[C@@H](O)C[C@@H](O)CC(=O)OC(C)(C)C. The lowest BCUT2D eigenvalue weighted by Gasteiger charge is -2.23. The van der Waals surface area contributed by atoms with Gasteiger partial charge in [0.1, 0.15) is 29.6 Å². The van der Waals surface area contributed by atoms with Crippen molar-refractivity contribution >= 4 is 17.7 Å². The van der Waals surface area contributed by atoms with Gasteiger partial charge in [0.2, 0.25) is 0 Å². The molecule has 0 amide bonds. The van der Waals surface area contributed by atoms with Crippen LogP contribution in [0.4, 0.5) is 8.78 Å². The largest absolute Gasteiger partial charge is 0.490 e. The quantitative estimate of drug-likeness (QED) is 0.244. The Bertz CT molecular complexity index is 1240. The fourth-order valence-corrected chi connectivity index (χ4v) is 4.88. The van der Waals surface area contributed by atoms with E-state index in [1.807, 2.05) is 26.0 Å². The first-order valence-electron chi connectivity index (χ1n) is 12.9. The van der Waals surface area contributed by atoms with Gasteiger partial charge in [-0.05, 0) is 86.3 Å². The van der Waals surface area contributed by atoms with E-state index in [0.717, 1.165) is 20.9 Å². The average Bonchev–Trinajstić information content (AvgIpc) is 2.83. The highest BCUT2D eigenvalue weighted by Gasteiger charge is 2.23. The van der Waals surface area contributed by atoms with E-state index in [9.17, 15) is 23.8 Å². The van der Waals surface area contributed by atoms with E-state index in [1.54, 1.807) is 45.0 Å². The van der Waals surface area contributed by atoms with Crippen molar-refractivity contribution in [1.82, 2.24) is 0 Å². The number of hydrogen-bond donors (Lipinski definition) is 2. The number of carbonyl (C=O) groups excluding carboxylic acids is 1. The lowest BCUT2D eigenvalue weighted by Crippen LogP contribution is -2.29. The predicted octanol–water partition coefficient (Wildman–Crippen LogP) is 7.13. The van der Waals surface area contributed by atoms with Gasteiger partial charge in [0.05, 0.1) is 18.6 Å². The average molecular weight is 559 g/mol. The minimum absolute atomic E-state index is 0.0443. The van der Waals surface area contributed by atoms with Crippen molar-refractivity contribution in [3.05, 3.63) is 77.9 Å². The fourth-order valence-electron chi connectivity index (χ4n) is 3.98. The highest BCUT2D eigenvalue weighted by molar-refractivity contribution is 7.99. The summed E-state index contributed by atoms with van der Waals surface area (Å²) in [6, 6.07) is 16.2. The number of esters is 1. The number of ether oxygens (including phenoxy) is 2. The Morgan fingerprint density at radius 3 is 2.05 bits per heavy atom. The van der Waals surface area contributed by atoms with E-state index in [1.165, 1.54) is 36.0 Å². The molecule has 2 N–H and O–H groups in total. The van der Waals surface area contributed by atoms with Crippen LogP contribution in [0.2, 0.25) is 0 Å². The summed E-state index contributed by atoms with van der Waals surface area (Å²) in [6.07, 6.45) is -2.44. The zero-order chi connectivity index (χ0) is 28.7. The van der Waals surface area contributed by atoms with Gasteiger partial charge in [-0.25, -0.2) is 8.78 Å². The second kappa shape index (κ2) is 13.4. The van der Waals surface area contributed by atoms with E-state index < -0.39 is 23.8 Å². The van der Waals surface area contributed by atoms with Crippen LogP contribution in [-0.4, -0.2) is 40.6 Å². The summed E-state index contributed by atoms with van der Waals surface area (Å²) in [4.78, 5) is 13.8. The molecule has 0 bridgehead atoms. The summed E-state index contributed by atoms with van der Waals surface area (Å²) in [5.41, 5.74) is 1.66. The van der Waals surface area contributed by atoms with Crippen LogP contribution in [0.3, 0.4) is 0 Å². The normalized spacial score (nSPS) is 13.3. The molecule has 0 saturated heterocycles. The van der Waals surface area contributed by atoms with Crippen LogP contribution in [0.1, 0.15) is 58.9 Å². The van der Waals surface area contributed by atoms with E-state index in [2.05, 4.69) is 0 Å². The highest BCUT2D eigenvalue weighted by atomic mass is 32.2. The van der Waals surface area contributed by atoms with Crippen LogP contribution in [-0.2, 0) is 9.53 Å². The number of aliphatic hydroxyl groups excluding tert-OH is 2. The third-order valence-electron chi connectivity index (χ3n) is 5.70. The van der Waals surface area contributed by atoms with Gasteiger partial charge in [0.25, 0.3) is 0 Å². The van der Waals surface area contributed by atoms with Gasteiger partial charge >= 0.3 is 5.97 Å². The van der Waals surface area contributed by atoms with E-state index >= 15 is 0 Å². The van der Waals surface area contributed by atoms with Crippen LogP contribution in [0, 0.1) is 11.6 Å². The van der Waals surface area contributed by atoms with Crippen LogP contribution in [0.5, 0.6) is 5.75 Å². The number of benzene rings is 3. The van der Waals surface area contributed by atoms with E-state index in [0.29, 0.717) is 11.3 Å². The Morgan fingerprint density at radius 1 is 0.897 bits per heavy atom. The molecule has 0 heterocycles. The van der Waals surface area contributed by atoms with Crippen molar-refractivity contribution in [3.63, 3.8) is 0 Å². The van der Waals surface area contributed by atoms with Gasteiger partial charge in [-0.3, -0.25) is 4.79 Å². The molecule has 3 aromatic rings. The van der Waals surface area contributed by atoms with Crippen LogP contribution in [0.25, 0.3) is 11.1 Å². The molecule has 0 unspecified atom stereocenters. The van der Waals surface area contributed by atoms with E-state index in [-0.39, 0.29) is 37.0 Å². The molecule has 0 fully saturated rings. The van der Waals surface area contributed by atoms with Crippen LogP contribution >= 0.6 is 11.8 Å². The molecular formula is C31H36F2O5S. The number of halogens is 2. The standard InChI is InChI=1S/C31H36F2O5S/c1-19(2)27-16-26(39-25-12-10-22(33)11-13-25)17-28(20-6-8-21(32)9-7-20)30(27)37-18-24(35)14-23(34)15-29(36)38-31(3,4)5/h6-13,16-17,19,23-24,34-35H,14-15,18H2,1-5H3/t23-,24+/m1/s1. The first-order valence-corrected chi connectivity index (χ1v) is 13.7. The molecule has 3 rings (SSSR count). The molecule has 2 atom stereocenters. The Hall–Kier alpha value is -2.94. The first kappa shape index (κ1) is 30.6. The van der Waals surface area contributed by atoms with Crippen molar-refractivity contribution in [3.8, 4) is 16.9 Å². The topological polar surface area (TPSA) is 76.0 Å². The zero-order valence-electron chi connectivity index (χ0n) is 22.9. The highest BCUT2D eigenvalue weighted by Crippen LogP contribution is 2.42. The smallest absolute Gasteiger partial charge is 0.308 e. The second-order valence-corrected chi connectivity index (χ2v) is 11.9. The van der Waals surface area contributed by atoms with Crippen molar-refractivity contribution in [2.75, 3.05) is 6.61 Å². The summed E-state index contributed by atoms with van der Waals surface area (Å²) in [5.74, 6) is -0.633. The van der Waals surface area contributed by atoms with Crippen molar-refractivity contribution in [2.24, 2.45) is 0 Å². The molecule has 0 spiro atoms. The minimum Gasteiger partial charge on any atom is -0.490 e. The maximum absolute atomic E-state index is 13.7. The lowest BCUT2D eigenvalue weighted by atomic mass is 9.95. The predicted molar refractivity (Wildman–Crippen MR) is 149 cm³/mol. The Morgan fingerprint density at radius 2 is 1.49 bits per heavy atom. The maximum Gasteiger partial charge on any atom is 0.308 e. The third-order valence-corrected chi connectivity index (χ3v) is 6.68. The van der Waals surface area contributed by atoms with Crippen molar-refractivity contribution < 1.29 is 33.3 Å². The molecule has 0 aliphatic carbocycles. The van der Waals surface area contributed by atoms with E-state index in [4.69, 9.17) is 9.47 Å². The zero-order valence-corrected chi connectivity index (χ0v) is 23.7. The Balaban J connectivity index is 1.85. The van der Waals surface area contributed by atoms with Gasteiger partial charge in [0, 0.05) is 21.8 Å². The summed E-state index contributed by atoms with van der Waals surface area (Å²) >= 11 is 1.47. The monoisotopic (exact) mass is 558 g/mol. The molecule has 0 aromatic heterocycles. The summed E-state index contributed by atoms with van der Waals surface area (Å²) in [6.45, 7) is 9.15. The molecule has 5 nitrogen and oxygen atoms in total. The fraction of sp³-hybridized carbons (Fsp3) is 0.387. The maximum atomic E-state index is 13.7. The molecule has 0 aliphatic rings. The van der Waals surface area contributed by atoms with Crippen molar-refractivity contribution in [2.45, 2.75) is 81.0 Å². The molecule has 0 radical (unpaired) electrons. The molecule has 39 heavy (non-hydrogen) atoms. The molecular weight excluding hydrogens is 522 g/mol. The van der Waals surface area contributed by atoms with Gasteiger partial charge in [0.15, 0.2) is 0 Å². The molecule has 0 saturated carbocycles. The number of rotatable bonds is 11. The number of hydrogen-bond acceptors (Lipinski definition) is 6. The number of aliphatic hydroxyl groups is 2. The molecule has 3 aromatic carbocycles. The third kappa shape index (κ3) is 9.64. The summed E-state index contributed by atoms with van der Waals surface area (Å²) in [5, 5.41) is 20.9. The number of carbonyl (C=O) groups is 1. The van der Waals surface area contributed by atoms with Gasteiger partial charge < -0.3 is 19.7 Å².